The van der Waals surface area contributed by atoms with Gasteiger partial charge in [-0.05, 0) is 38.2 Å². The lowest BCUT2D eigenvalue weighted by Crippen LogP contribution is -2.39. The molecule has 0 amide bonds. The average Bonchev–Trinajstić information content (AvgIpc) is 2.48. The monoisotopic (exact) mass is 270 g/mol. The van der Waals surface area contributed by atoms with E-state index in [-0.39, 0.29) is 11.5 Å². The highest BCUT2D eigenvalue weighted by Gasteiger charge is 2.42. The lowest BCUT2D eigenvalue weighted by Gasteiger charge is -2.41. The maximum Gasteiger partial charge on any atom is 0.143 e. The van der Waals surface area contributed by atoms with Crippen molar-refractivity contribution in [3.63, 3.8) is 0 Å². The molecule has 1 saturated carbocycles. The summed E-state index contributed by atoms with van der Waals surface area (Å²) in [6.07, 6.45) is 7.03. The number of ether oxygens (including phenoxy) is 1. The summed E-state index contributed by atoms with van der Waals surface area (Å²) in [4.78, 5) is 12.2. The quantitative estimate of drug-likeness (QED) is 0.774. The number of hydrogen-bond donors (Lipinski definition) is 0. The Hall–Kier alpha value is -1.41. The molecule has 0 bridgehead atoms. The Bertz CT molecular complexity index is 517. The van der Waals surface area contributed by atoms with Crippen molar-refractivity contribution in [2.24, 2.45) is 5.41 Å². The molecular formula is C18H22O2. The van der Waals surface area contributed by atoms with E-state index in [1.807, 2.05) is 18.2 Å². The molecule has 0 aliphatic heterocycles. The number of carbonyl (C=O) groups excluding carboxylic acids is 1. The molecule has 0 unspecified atom stereocenters. The van der Waals surface area contributed by atoms with Gasteiger partial charge in [-0.3, -0.25) is 4.79 Å². The molecule has 3 rings (SSSR count). The molecule has 2 heteroatoms. The van der Waals surface area contributed by atoms with E-state index in [0.29, 0.717) is 12.4 Å². The summed E-state index contributed by atoms with van der Waals surface area (Å²) in [6, 6.07) is 10.3. The number of hydrogen-bond acceptors (Lipinski definition) is 2. The van der Waals surface area contributed by atoms with Crippen LogP contribution < -0.4 is 0 Å². The van der Waals surface area contributed by atoms with Crippen LogP contribution in [-0.2, 0) is 16.1 Å². The summed E-state index contributed by atoms with van der Waals surface area (Å²) in [5.74, 6) is 0.427. The van der Waals surface area contributed by atoms with Crippen molar-refractivity contribution >= 4 is 5.78 Å². The van der Waals surface area contributed by atoms with Crippen LogP contribution in [0.25, 0.3) is 0 Å². The first-order chi connectivity index (χ1) is 9.68. The van der Waals surface area contributed by atoms with Gasteiger partial charge in [0.15, 0.2) is 0 Å². The van der Waals surface area contributed by atoms with Gasteiger partial charge in [-0.25, -0.2) is 0 Å². The molecule has 106 valence electrons. The Labute approximate surface area is 120 Å². The Morgan fingerprint density at radius 3 is 2.90 bits per heavy atom. The minimum atomic E-state index is -0.190. The van der Waals surface area contributed by atoms with Crippen LogP contribution in [0.3, 0.4) is 0 Å². The zero-order valence-corrected chi connectivity index (χ0v) is 12.1. The van der Waals surface area contributed by atoms with Crippen molar-refractivity contribution in [3.8, 4) is 0 Å². The minimum absolute atomic E-state index is 0.190. The van der Waals surface area contributed by atoms with E-state index in [9.17, 15) is 4.79 Å². The molecule has 0 N–H and O–H groups in total. The molecule has 1 fully saturated rings. The molecule has 2 nitrogen and oxygen atoms in total. The summed E-state index contributed by atoms with van der Waals surface area (Å²) in [5.41, 5.74) is 2.35. The summed E-state index contributed by atoms with van der Waals surface area (Å²) in [7, 11) is 0. The molecule has 2 aliphatic carbocycles. The second-order valence-corrected chi connectivity index (χ2v) is 6.18. The fourth-order valence-electron chi connectivity index (χ4n) is 3.39. The van der Waals surface area contributed by atoms with E-state index in [4.69, 9.17) is 4.74 Å². The van der Waals surface area contributed by atoms with Gasteiger partial charge in [-0.2, -0.15) is 0 Å². The van der Waals surface area contributed by atoms with Crippen LogP contribution in [0.15, 0.2) is 42.0 Å². The number of rotatable bonds is 3. The highest BCUT2D eigenvalue weighted by molar-refractivity contribution is 5.89. The fourth-order valence-corrected chi connectivity index (χ4v) is 3.39. The predicted octanol–water partition coefficient (Wildman–Crippen LogP) is 4.05. The van der Waals surface area contributed by atoms with Gasteiger partial charge in [0.2, 0.25) is 0 Å². The molecule has 2 aliphatic rings. The van der Waals surface area contributed by atoms with Crippen molar-refractivity contribution in [2.45, 2.75) is 51.7 Å². The number of carbonyl (C=O) groups is 1. The van der Waals surface area contributed by atoms with Gasteiger partial charge in [-0.15, -0.1) is 0 Å². The van der Waals surface area contributed by atoms with Crippen LogP contribution >= 0.6 is 0 Å². The van der Waals surface area contributed by atoms with E-state index in [1.54, 1.807) is 0 Å². The third kappa shape index (κ3) is 2.57. The van der Waals surface area contributed by atoms with Crippen LogP contribution in [0, 0.1) is 5.41 Å². The third-order valence-electron chi connectivity index (χ3n) is 4.83. The Kier molecular flexibility index (Phi) is 3.75. The predicted molar refractivity (Wildman–Crippen MR) is 79.3 cm³/mol. The molecule has 2 atom stereocenters. The number of Topliss-reactive ketones (excluding diaryl/α,β-unsaturated/α-hetero) is 1. The lowest BCUT2D eigenvalue weighted by atomic mass is 9.65. The van der Waals surface area contributed by atoms with Crippen molar-refractivity contribution in [1.82, 2.24) is 0 Å². The van der Waals surface area contributed by atoms with Crippen LogP contribution in [-0.4, -0.2) is 11.9 Å². The standard InChI is InChI=1S/C18H22O2/c1-18-11-10-16(12-15(18)8-5-9-17(18)19)20-13-14-6-3-2-4-7-14/h2-4,6-8,16H,5,9-13H2,1H3/t16-,18-/m0/s1. The van der Waals surface area contributed by atoms with Gasteiger partial charge in [-0.1, -0.05) is 42.0 Å². The molecule has 0 spiro atoms. The smallest absolute Gasteiger partial charge is 0.143 e. The van der Waals surface area contributed by atoms with Crippen LogP contribution in [0.5, 0.6) is 0 Å². The zero-order chi connectivity index (χ0) is 14.0. The van der Waals surface area contributed by atoms with E-state index in [1.165, 1.54) is 11.1 Å². The summed E-state index contributed by atoms with van der Waals surface area (Å²) >= 11 is 0. The highest BCUT2D eigenvalue weighted by atomic mass is 16.5. The van der Waals surface area contributed by atoms with Gasteiger partial charge < -0.3 is 4.74 Å². The Balaban J connectivity index is 1.62. The fraction of sp³-hybridized carbons (Fsp3) is 0.500. The second-order valence-electron chi connectivity index (χ2n) is 6.18. The van der Waals surface area contributed by atoms with Crippen LogP contribution in [0.1, 0.15) is 44.6 Å². The van der Waals surface area contributed by atoms with Gasteiger partial charge in [0.05, 0.1) is 12.7 Å². The summed E-state index contributed by atoms with van der Waals surface area (Å²) < 4.78 is 6.05. The number of allylic oxidation sites excluding steroid dienone is 1. The van der Waals surface area contributed by atoms with Crippen LogP contribution in [0.2, 0.25) is 0 Å². The largest absolute Gasteiger partial charge is 0.373 e. The molecule has 1 aromatic carbocycles. The van der Waals surface area contributed by atoms with Crippen molar-refractivity contribution in [1.29, 1.82) is 0 Å². The SMILES string of the molecule is C[C@]12CC[C@H](OCc3ccccc3)CC1=CCCC2=O. The summed E-state index contributed by atoms with van der Waals surface area (Å²) in [5, 5.41) is 0. The van der Waals surface area contributed by atoms with Crippen molar-refractivity contribution in [2.75, 3.05) is 0 Å². The third-order valence-corrected chi connectivity index (χ3v) is 4.83. The summed E-state index contributed by atoms with van der Waals surface area (Å²) in [6.45, 7) is 2.79. The maximum absolute atomic E-state index is 12.2. The average molecular weight is 270 g/mol. The van der Waals surface area contributed by atoms with Gasteiger partial charge in [0, 0.05) is 11.8 Å². The normalized spacial score (nSPS) is 29.8. The van der Waals surface area contributed by atoms with E-state index < -0.39 is 0 Å². The molecule has 20 heavy (non-hydrogen) atoms. The van der Waals surface area contributed by atoms with Crippen LogP contribution in [0.4, 0.5) is 0 Å². The van der Waals surface area contributed by atoms with E-state index in [2.05, 4.69) is 25.1 Å². The van der Waals surface area contributed by atoms with Gasteiger partial charge >= 0.3 is 0 Å². The van der Waals surface area contributed by atoms with Gasteiger partial charge in [0.1, 0.15) is 5.78 Å². The van der Waals surface area contributed by atoms with Crippen molar-refractivity contribution < 1.29 is 9.53 Å². The second kappa shape index (κ2) is 5.53. The van der Waals surface area contributed by atoms with Crippen molar-refractivity contribution in [3.05, 3.63) is 47.5 Å². The first kappa shape index (κ1) is 13.6. The Morgan fingerprint density at radius 1 is 1.30 bits per heavy atom. The molecule has 1 aromatic rings. The molecule has 0 heterocycles. The topological polar surface area (TPSA) is 26.3 Å². The van der Waals surface area contributed by atoms with E-state index >= 15 is 0 Å². The molecule has 0 saturated heterocycles. The molecular weight excluding hydrogens is 248 g/mol. The highest BCUT2D eigenvalue weighted by Crippen LogP contribution is 2.45. The number of ketones is 1. The minimum Gasteiger partial charge on any atom is -0.373 e. The van der Waals surface area contributed by atoms with E-state index in [0.717, 1.165) is 32.1 Å². The molecule has 0 aromatic heterocycles. The number of benzene rings is 1. The zero-order valence-electron chi connectivity index (χ0n) is 12.1. The maximum atomic E-state index is 12.2. The first-order valence-electron chi connectivity index (χ1n) is 7.57. The molecule has 0 radical (unpaired) electrons. The van der Waals surface area contributed by atoms with Gasteiger partial charge in [0.25, 0.3) is 0 Å². The number of fused-ring (bicyclic) bond motifs is 1. The first-order valence-corrected chi connectivity index (χ1v) is 7.57. The Morgan fingerprint density at radius 2 is 2.10 bits per heavy atom. The lowest BCUT2D eigenvalue weighted by molar-refractivity contribution is -0.128.